The van der Waals surface area contributed by atoms with Crippen LogP contribution in [0.5, 0.6) is 0 Å². The van der Waals surface area contributed by atoms with Crippen molar-refractivity contribution in [1.29, 1.82) is 0 Å². The highest BCUT2D eigenvalue weighted by molar-refractivity contribution is 5.72. The van der Waals surface area contributed by atoms with Gasteiger partial charge in [-0.3, -0.25) is 19.2 Å². The first-order chi connectivity index (χ1) is 19.8. The summed E-state index contributed by atoms with van der Waals surface area (Å²) in [6, 6.07) is 0. The van der Waals surface area contributed by atoms with Gasteiger partial charge in [0.1, 0.15) is 12.7 Å². The van der Waals surface area contributed by atoms with Crippen molar-refractivity contribution in [2.45, 2.75) is 161 Å². The molecule has 1 aliphatic heterocycles. The zero-order chi connectivity index (χ0) is 30.5. The van der Waals surface area contributed by atoms with Gasteiger partial charge in [0, 0.05) is 32.8 Å². The highest BCUT2D eigenvalue weighted by atomic mass is 16.7. The van der Waals surface area contributed by atoms with E-state index in [0.717, 1.165) is 51.4 Å². The first kappa shape index (κ1) is 36.8. The summed E-state index contributed by atoms with van der Waals surface area (Å²) >= 11 is 0. The van der Waals surface area contributed by atoms with Crippen molar-refractivity contribution < 1.29 is 47.6 Å². The Kier molecular flexibility index (Phi) is 20.1. The molecule has 0 unspecified atom stereocenters. The van der Waals surface area contributed by atoms with Gasteiger partial charge < -0.3 is 28.4 Å². The molecular weight excluding hydrogens is 532 g/mol. The summed E-state index contributed by atoms with van der Waals surface area (Å²) in [5.41, 5.74) is 0. The topological polar surface area (TPSA) is 124 Å². The van der Waals surface area contributed by atoms with Crippen LogP contribution in [0.15, 0.2) is 0 Å². The monoisotopic (exact) mass is 586 g/mol. The van der Waals surface area contributed by atoms with Crippen molar-refractivity contribution in [3.05, 3.63) is 0 Å². The molecule has 0 spiro atoms. The van der Waals surface area contributed by atoms with Gasteiger partial charge in [0.2, 0.25) is 0 Å². The van der Waals surface area contributed by atoms with E-state index in [9.17, 15) is 19.2 Å². The molecule has 0 aromatic heterocycles. The van der Waals surface area contributed by atoms with Crippen molar-refractivity contribution in [3.8, 4) is 0 Å². The average molecular weight is 587 g/mol. The minimum Gasteiger partial charge on any atom is -0.463 e. The van der Waals surface area contributed by atoms with E-state index in [1.54, 1.807) is 0 Å². The van der Waals surface area contributed by atoms with Crippen LogP contribution in [0.2, 0.25) is 0 Å². The van der Waals surface area contributed by atoms with Crippen LogP contribution >= 0.6 is 0 Å². The smallest absolute Gasteiger partial charge is 0.306 e. The Bertz CT molecular complexity index is 755. The lowest BCUT2D eigenvalue weighted by atomic mass is 9.97. The van der Waals surface area contributed by atoms with Crippen LogP contribution in [0.25, 0.3) is 0 Å². The van der Waals surface area contributed by atoms with Crippen molar-refractivity contribution >= 4 is 23.9 Å². The highest BCUT2D eigenvalue weighted by Crippen LogP contribution is 2.31. The van der Waals surface area contributed by atoms with E-state index in [1.807, 2.05) is 27.7 Å². The highest BCUT2D eigenvalue weighted by Gasteiger charge is 2.53. The van der Waals surface area contributed by atoms with Gasteiger partial charge in [-0.15, -0.1) is 0 Å². The maximum absolute atomic E-state index is 12.9. The summed E-state index contributed by atoms with van der Waals surface area (Å²) in [4.78, 5) is 50.9. The Labute approximate surface area is 246 Å². The third kappa shape index (κ3) is 15.0. The maximum Gasteiger partial charge on any atom is 0.306 e. The molecule has 1 fully saturated rings. The molecule has 238 valence electrons. The molecule has 1 aliphatic rings. The second-order valence-electron chi connectivity index (χ2n) is 10.7. The van der Waals surface area contributed by atoms with E-state index in [2.05, 4.69) is 0 Å². The Morgan fingerprint density at radius 1 is 0.537 bits per heavy atom. The number of rotatable bonds is 22. The average Bonchev–Trinajstić information content (AvgIpc) is 2.94. The molecule has 10 heteroatoms. The lowest BCUT2D eigenvalue weighted by molar-refractivity contribution is -0.303. The first-order valence-corrected chi connectivity index (χ1v) is 15.7. The Hall–Kier alpha value is -2.20. The van der Waals surface area contributed by atoms with E-state index in [-0.39, 0.29) is 32.3 Å². The number of esters is 4. The molecule has 41 heavy (non-hydrogen) atoms. The van der Waals surface area contributed by atoms with Gasteiger partial charge in [-0.1, -0.05) is 79.1 Å². The third-order valence-corrected chi connectivity index (χ3v) is 6.97. The van der Waals surface area contributed by atoms with Crippen molar-refractivity contribution in [3.63, 3.8) is 0 Å². The van der Waals surface area contributed by atoms with Gasteiger partial charge in [-0.2, -0.15) is 0 Å². The van der Waals surface area contributed by atoms with E-state index < -0.39 is 54.6 Å². The van der Waals surface area contributed by atoms with Gasteiger partial charge in [0.05, 0.1) is 0 Å². The van der Waals surface area contributed by atoms with Gasteiger partial charge in [-0.25, -0.2) is 0 Å². The SMILES string of the molecule is CCCCCC(=O)OC[C@@H]1O[C@@H](OC)[C@@H](OC(=O)CCCCC)[C@H](OC(=O)CCCCC)[C@H]1OC(=O)CCCCC. The third-order valence-electron chi connectivity index (χ3n) is 6.97. The fourth-order valence-electron chi connectivity index (χ4n) is 4.56. The summed E-state index contributed by atoms with van der Waals surface area (Å²) in [6.07, 6.45) is 4.96. The summed E-state index contributed by atoms with van der Waals surface area (Å²) < 4.78 is 34.5. The number of carbonyl (C=O) groups is 4. The van der Waals surface area contributed by atoms with Crippen LogP contribution in [0.3, 0.4) is 0 Å². The Morgan fingerprint density at radius 2 is 0.927 bits per heavy atom. The molecule has 10 nitrogen and oxygen atoms in total. The van der Waals surface area contributed by atoms with E-state index in [4.69, 9.17) is 28.4 Å². The molecule has 5 atom stereocenters. The number of hydrogen-bond acceptors (Lipinski definition) is 10. The fourth-order valence-corrected chi connectivity index (χ4v) is 4.56. The van der Waals surface area contributed by atoms with Crippen LogP contribution in [-0.2, 0) is 47.6 Å². The van der Waals surface area contributed by atoms with Crippen molar-refractivity contribution in [2.24, 2.45) is 0 Å². The van der Waals surface area contributed by atoms with Gasteiger partial charge >= 0.3 is 23.9 Å². The van der Waals surface area contributed by atoms with Crippen molar-refractivity contribution in [2.75, 3.05) is 13.7 Å². The molecule has 0 aliphatic carbocycles. The zero-order valence-electron chi connectivity index (χ0n) is 26.0. The van der Waals surface area contributed by atoms with Crippen LogP contribution in [0, 0.1) is 0 Å². The second kappa shape index (κ2) is 22.4. The minimum absolute atomic E-state index is 0.161. The largest absolute Gasteiger partial charge is 0.463 e. The lowest BCUT2D eigenvalue weighted by Crippen LogP contribution is -2.63. The predicted molar refractivity (Wildman–Crippen MR) is 153 cm³/mol. The normalized spacial score (nSPS) is 22.1. The molecule has 1 saturated heterocycles. The number of carbonyl (C=O) groups excluding carboxylic acids is 4. The molecule has 0 saturated carbocycles. The summed E-state index contributed by atoms with van der Waals surface area (Å²) in [6.45, 7) is 7.90. The van der Waals surface area contributed by atoms with Crippen LogP contribution in [0.4, 0.5) is 0 Å². The maximum atomic E-state index is 12.9. The summed E-state index contributed by atoms with van der Waals surface area (Å²) in [5, 5.41) is 0. The van der Waals surface area contributed by atoms with Gasteiger partial charge in [0.15, 0.2) is 24.6 Å². The molecule has 0 bridgehead atoms. The van der Waals surface area contributed by atoms with Crippen LogP contribution in [0.1, 0.15) is 130 Å². The zero-order valence-corrected chi connectivity index (χ0v) is 26.0. The summed E-state index contributed by atoms with van der Waals surface area (Å²) in [7, 11) is 1.38. The van der Waals surface area contributed by atoms with E-state index >= 15 is 0 Å². The number of methoxy groups -OCH3 is 1. The molecule has 0 aromatic carbocycles. The molecule has 0 N–H and O–H groups in total. The first-order valence-electron chi connectivity index (χ1n) is 15.7. The van der Waals surface area contributed by atoms with E-state index in [0.29, 0.717) is 25.7 Å². The standard InChI is InChI=1S/C31H54O10/c1-6-10-14-18-24(32)37-22-23-28(39-25(33)19-15-11-7-2)29(40-26(34)20-16-12-8-3)30(31(36-5)38-23)41-27(35)21-17-13-9-4/h23,28-31H,6-22H2,1-5H3/t23-,28-,29+,30-,31+/m0/s1. The Morgan fingerprint density at radius 3 is 1.34 bits per heavy atom. The molecule has 0 radical (unpaired) electrons. The van der Waals surface area contributed by atoms with Crippen molar-refractivity contribution in [1.82, 2.24) is 0 Å². The van der Waals surface area contributed by atoms with Crippen LogP contribution in [-0.4, -0.2) is 68.3 Å². The Balaban J connectivity index is 3.25. The van der Waals surface area contributed by atoms with Gasteiger partial charge in [0.25, 0.3) is 0 Å². The quantitative estimate of drug-likeness (QED) is 0.0853. The van der Waals surface area contributed by atoms with Gasteiger partial charge in [-0.05, 0) is 25.7 Å². The number of hydrogen-bond donors (Lipinski definition) is 0. The number of ether oxygens (including phenoxy) is 6. The lowest BCUT2D eigenvalue weighted by Gasteiger charge is -2.44. The fraction of sp³-hybridized carbons (Fsp3) is 0.871. The molecular formula is C31H54O10. The van der Waals surface area contributed by atoms with Crippen LogP contribution < -0.4 is 0 Å². The molecule has 1 heterocycles. The second-order valence-corrected chi connectivity index (χ2v) is 10.7. The summed E-state index contributed by atoms with van der Waals surface area (Å²) in [5.74, 6) is -1.89. The predicted octanol–water partition coefficient (Wildman–Crippen LogP) is 5.96. The van der Waals surface area contributed by atoms with E-state index in [1.165, 1.54) is 7.11 Å². The number of unbranched alkanes of at least 4 members (excludes halogenated alkanes) is 8. The molecule has 0 amide bonds. The minimum atomic E-state index is -1.20. The molecule has 1 rings (SSSR count). The molecule has 0 aromatic rings.